The van der Waals surface area contributed by atoms with Gasteiger partial charge in [0.05, 0.1) is 39.6 Å². The molecule has 2 N–H and O–H groups in total. The maximum absolute atomic E-state index is 11.6. The minimum absolute atomic E-state index is 0.0638. The van der Waals surface area contributed by atoms with Crippen LogP contribution < -0.4 is 10.6 Å². The second-order valence-corrected chi connectivity index (χ2v) is 6.94. The maximum Gasteiger partial charge on any atom is 0.222 e. The molecule has 0 aromatic rings. The number of hydrogen-bond acceptors (Lipinski definition) is 5. The van der Waals surface area contributed by atoms with Crippen LogP contribution in [-0.4, -0.2) is 64.7 Å². The summed E-state index contributed by atoms with van der Waals surface area (Å²) in [5.41, 5.74) is 0. The van der Waals surface area contributed by atoms with Gasteiger partial charge in [-0.25, -0.2) is 0 Å². The fourth-order valence-corrected chi connectivity index (χ4v) is 2.12. The van der Waals surface area contributed by atoms with Crippen LogP contribution in [0, 0.1) is 5.92 Å². The molecule has 0 bridgehead atoms. The van der Waals surface area contributed by atoms with Crippen molar-refractivity contribution in [2.24, 2.45) is 5.92 Å². The molecule has 0 aromatic heterocycles. The predicted octanol–water partition coefficient (Wildman–Crippen LogP) is 2.37. The smallest absolute Gasteiger partial charge is 0.222 e. The van der Waals surface area contributed by atoms with Crippen molar-refractivity contribution in [2.75, 3.05) is 52.7 Å². The van der Waals surface area contributed by atoms with Gasteiger partial charge in [-0.05, 0) is 12.3 Å². The van der Waals surface area contributed by atoms with Crippen LogP contribution in [0.5, 0.6) is 0 Å². The van der Waals surface area contributed by atoms with E-state index in [0.717, 1.165) is 25.4 Å². The SMILES string of the molecule is CC(C)CCCCNC(=O)CCOCCOCCOCCNC(C)C. The van der Waals surface area contributed by atoms with Crippen molar-refractivity contribution in [1.82, 2.24) is 10.6 Å². The van der Waals surface area contributed by atoms with Gasteiger partial charge in [0.1, 0.15) is 0 Å². The standard InChI is InChI=1S/C19H40N2O4/c1-17(2)7-5-6-9-21-19(22)8-11-23-13-15-25-16-14-24-12-10-20-18(3)4/h17-18,20H,5-16H2,1-4H3,(H,21,22). The van der Waals surface area contributed by atoms with E-state index in [1.165, 1.54) is 12.8 Å². The van der Waals surface area contributed by atoms with E-state index in [1.807, 2.05) is 0 Å². The van der Waals surface area contributed by atoms with Gasteiger partial charge in [0.15, 0.2) is 0 Å². The molecule has 0 spiro atoms. The zero-order valence-corrected chi connectivity index (χ0v) is 16.8. The molecule has 6 heteroatoms. The van der Waals surface area contributed by atoms with Crippen molar-refractivity contribution in [2.45, 2.75) is 59.4 Å². The van der Waals surface area contributed by atoms with Gasteiger partial charge in [0, 0.05) is 25.6 Å². The van der Waals surface area contributed by atoms with E-state index in [4.69, 9.17) is 14.2 Å². The normalized spacial score (nSPS) is 11.4. The van der Waals surface area contributed by atoms with Gasteiger partial charge in [-0.1, -0.05) is 40.5 Å². The number of amides is 1. The van der Waals surface area contributed by atoms with Crippen molar-refractivity contribution in [3.05, 3.63) is 0 Å². The van der Waals surface area contributed by atoms with Gasteiger partial charge in [-0.3, -0.25) is 4.79 Å². The molecule has 0 atom stereocenters. The predicted molar refractivity (Wildman–Crippen MR) is 102 cm³/mol. The zero-order valence-electron chi connectivity index (χ0n) is 16.8. The van der Waals surface area contributed by atoms with Crippen molar-refractivity contribution >= 4 is 5.91 Å². The van der Waals surface area contributed by atoms with Gasteiger partial charge in [-0.15, -0.1) is 0 Å². The highest BCUT2D eigenvalue weighted by Gasteiger charge is 2.01. The van der Waals surface area contributed by atoms with E-state index >= 15 is 0 Å². The first-order valence-electron chi connectivity index (χ1n) is 9.75. The third-order valence-electron chi connectivity index (χ3n) is 3.55. The topological polar surface area (TPSA) is 68.8 Å². The quantitative estimate of drug-likeness (QED) is 0.367. The van der Waals surface area contributed by atoms with Crippen molar-refractivity contribution in [3.8, 4) is 0 Å². The van der Waals surface area contributed by atoms with Gasteiger partial charge in [0.25, 0.3) is 0 Å². The van der Waals surface area contributed by atoms with Gasteiger partial charge < -0.3 is 24.8 Å². The van der Waals surface area contributed by atoms with Crippen molar-refractivity contribution in [3.63, 3.8) is 0 Å². The molecule has 0 saturated carbocycles. The highest BCUT2D eigenvalue weighted by Crippen LogP contribution is 2.05. The minimum atomic E-state index is 0.0638. The van der Waals surface area contributed by atoms with Crippen molar-refractivity contribution < 1.29 is 19.0 Å². The van der Waals surface area contributed by atoms with E-state index in [9.17, 15) is 4.79 Å². The molecule has 25 heavy (non-hydrogen) atoms. The summed E-state index contributed by atoms with van der Waals surface area (Å²) in [6, 6.07) is 0.490. The molecule has 1 amide bonds. The van der Waals surface area contributed by atoms with Crippen LogP contribution in [0.25, 0.3) is 0 Å². The number of ether oxygens (including phenoxy) is 3. The molecule has 0 aromatic carbocycles. The van der Waals surface area contributed by atoms with Crippen LogP contribution in [0.3, 0.4) is 0 Å². The molecule has 0 saturated heterocycles. The molecule has 0 aliphatic rings. The second-order valence-electron chi connectivity index (χ2n) is 6.94. The summed E-state index contributed by atoms with van der Waals surface area (Å²) in [4.78, 5) is 11.6. The molecule has 0 rings (SSSR count). The lowest BCUT2D eigenvalue weighted by Gasteiger charge is -2.09. The summed E-state index contributed by atoms with van der Waals surface area (Å²) in [6.45, 7) is 13.6. The Kier molecular flexibility index (Phi) is 17.6. The van der Waals surface area contributed by atoms with E-state index < -0.39 is 0 Å². The third-order valence-corrected chi connectivity index (χ3v) is 3.55. The summed E-state index contributed by atoms with van der Waals surface area (Å²) in [5, 5.41) is 6.21. The molecule has 0 aliphatic carbocycles. The minimum Gasteiger partial charge on any atom is -0.379 e. The molecule has 150 valence electrons. The number of carbonyl (C=O) groups is 1. The second kappa shape index (κ2) is 18.1. The summed E-state index contributed by atoms with van der Waals surface area (Å²) in [5.74, 6) is 0.800. The summed E-state index contributed by atoms with van der Waals surface area (Å²) >= 11 is 0. The Morgan fingerprint density at radius 3 is 2.00 bits per heavy atom. The lowest BCUT2D eigenvalue weighted by Crippen LogP contribution is -2.27. The number of hydrogen-bond donors (Lipinski definition) is 2. The number of carbonyl (C=O) groups excluding carboxylic acids is 1. The highest BCUT2D eigenvalue weighted by atomic mass is 16.5. The number of nitrogens with one attached hydrogen (secondary N) is 2. The Bertz CT molecular complexity index is 299. The fraction of sp³-hybridized carbons (Fsp3) is 0.947. The first-order chi connectivity index (χ1) is 12.0. The lowest BCUT2D eigenvalue weighted by molar-refractivity contribution is -0.122. The Balaban J connectivity index is 3.16. The van der Waals surface area contributed by atoms with Crippen LogP contribution >= 0.6 is 0 Å². The number of unbranched alkanes of at least 4 members (excludes halogenated alkanes) is 1. The van der Waals surface area contributed by atoms with E-state index in [1.54, 1.807) is 0 Å². The van der Waals surface area contributed by atoms with Gasteiger partial charge in [0.2, 0.25) is 5.91 Å². The molecular weight excluding hydrogens is 320 g/mol. The van der Waals surface area contributed by atoms with Gasteiger partial charge >= 0.3 is 0 Å². The van der Waals surface area contributed by atoms with E-state index in [2.05, 4.69) is 38.3 Å². The molecular formula is C19H40N2O4. The molecule has 0 heterocycles. The first kappa shape index (κ1) is 24.3. The highest BCUT2D eigenvalue weighted by molar-refractivity contribution is 5.75. The average molecular weight is 361 g/mol. The molecule has 0 aliphatic heterocycles. The van der Waals surface area contributed by atoms with Crippen molar-refractivity contribution in [1.29, 1.82) is 0 Å². The van der Waals surface area contributed by atoms with E-state index in [0.29, 0.717) is 52.1 Å². The molecule has 0 unspecified atom stereocenters. The molecule has 0 radical (unpaired) electrons. The van der Waals surface area contributed by atoms with Crippen LogP contribution in [0.1, 0.15) is 53.4 Å². The van der Waals surface area contributed by atoms with Gasteiger partial charge in [-0.2, -0.15) is 0 Å². The summed E-state index contributed by atoms with van der Waals surface area (Å²) < 4.78 is 16.2. The van der Waals surface area contributed by atoms with Crippen LogP contribution in [0.2, 0.25) is 0 Å². The Morgan fingerprint density at radius 1 is 0.800 bits per heavy atom. The molecule has 6 nitrogen and oxygen atoms in total. The van der Waals surface area contributed by atoms with E-state index in [-0.39, 0.29) is 5.91 Å². The Morgan fingerprint density at radius 2 is 1.40 bits per heavy atom. The average Bonchev–Trinajstić information content (AvgIpc) is 2.55. The largest absolute Gasteiger partial charge is 0.379 e. The lowest BCUT2D eigenvalue weighted by atomic mass is 10.1. The van der Waals surface area contributed by atoms with Crippen LogP contribution in [0.4, 0.5) is 0 Å². The summed E-state index contributed by atoms with van der Waals surface area (Å²) in [7, 11) is 0. The maximum atomic E-state index is 11.6. The Labute approximate surface area is 154 Å². The van der Waals surface area contributed by atoms with Crippen LogP contribution in [-0.2, 0) is 19.0 Å². The Hall–Kier alpha value is -0.690. The number of rotatable bonds is 18. The summed E-state index contributed by atoms with van der Waals surface area (Å²) in [6.07, 6.45) is 3.85. The molecule has 0 fully saturated rings. The monoisotopic (exact) mass is 360 g/mol. The third kappa shape index (κ3) is 21.3. The fourth-order valence-electron chi connectivity index (χ4n) is 2.12. The van der Waals surface area contributed by atoms with Crippen LogP contribution in [0.15, 0.2) is 0 Å². The zero-order chi connectivity index (χ0) is 18.8. The first-order valence-corrected chi connectivity index (χ1v) is 9.75.